The average molecular weight is 711 g/mol. The maximum absolute atomic E-state index is 14.1. The minimum Gasteiger partial charge on any atom is -0.449 e. The zero-order chi connectivity index (χ0) is 37.2. The average Bonchev–Trinajstić information content (AvgIpc) is 3.78. The van der Waals surface area contributed by atoms with Crippen molar-refractivity contribution in [3.05, 3.63) is 35.9 Å². The molecule has 14 nitrogen and oxygen atoms in total. The highest BCUT2D eigenvalue weighted by molar-refractivity contribution is 6.38. The molecule has 51 heavy (non-hydrogen) atoms. The van der Waals surface area contributed by atoms with E-state index in [9.17, 15) is 33.6 Å². The number of carbonyl (C=O) groups is 7. The number of likely N-dealkylation sites (tertiary alicyclic amines) is 1. The van der Waals surface area contributed by atoms with Gasteiger partial charge in [0, 0.05) is 20.6 Å². The first-order chi connectivity index (χ1) is 24.3. The van der Waals surface area contributed by atoms with Gasteiger partial charge in [-0.3, -0.25) is 28.8 Å². The molecule has 2 aliphatic carbocycles. The van der Waals surface area contributed by atoms with E-state index in [2.05, 4.69) is 21.3 Å². The Morgan fingerprint density at radius 1 is 0.941 bits per heavy atom. The Labute approximate surface area is 300 Å². The third-order valence-corrected chi connectivity index (χ3v) is 9.88. The molecule has 2 saturated carbocycles. The summed E-state index contributed by atoms with van der Waals surface area (Å²) in [6.07, 6.45) is 5.24. The molecule has 14 heteroatoms. The molecule has 4 rings (SSSR count). The SMILES string of the molecule is CCC[C@@H](NC(=O)[C@@H]1[C@H]2CC2CN1C(=O)[C@@H](NC(=O)OCC(C)C)C1CCCCC1)C(=O)C(=O)NCC(=O)NC(C(=O)N(C)C)c1ccccc1. The molecule has 0 aromatic heterocycles. The fourth-order valence-corrected chi connectivity index (χ4v) is 7.09. The summed E-state index contributed by atoms with van der Waals surface area (Å²) in [4.78, 5) is 95.5. The summed E-state index contributed by atoms with van der Waals surface area (Å²) in [6, 6.07) is 4.81. The normalized spacial score (nSPS) is 21.4. The van der Waals surface area contributed by atoms with Crippen LogP contribution in [0.15, 0.2) is 30.3 Å². The van der Waals surface area contributed by atoms with Crippen LogP contribution in [-0.4, -0.2) is 103 Å². The Kier molecular flexibility index (Phi) is 14.0. The number of rotatable bonds is 16. The lowest BCUT2D eigenvalue weighted by atomic mass is 9.83. The fourth-order valence-electron chi connectivity index (χ4n) is 7.09. The van der Waals surface area contributed by atoms with Crippen molar-refractivity contribution in [3.63, 3.8) is 0 Å². The number of hydrogen-bond acceptors (Lipinski definition) is 8. The lowest BCUT2D eigenvalue weighted by molar-refractivity contribution is -0.144. The summed E-state index contributed by atoms with van der Waals surface area (Å²) in [6.45, 7) is 5.68. The molecule has 1 aliphatic heterocycles. The van der Waals surface area contributed by atoms with Gasteiger partial charge in [-0.15, -0.1) is 0 Å². The minimum absolute atomic E-state index is 0.0776. The molecule has 1 saturated heterocycles. The summed E-state index contributed by atoms with van der Waals surface area (Å²) in [5.41, 5.74) is 0.557. The van der Waals surface area contributed by atoms with Crippen molar-refractivity contribution in [2.24, 2.45) is 23.7 Å². The molecule has 6 atom stereocenters. The molecular formula is C37H54N6O8. The molecule has 0 bridgehead atoms. The highest BCUT2D eigenvalue weighted by Crippen LogP contribution is 2.50. The molecule has 4 N–H and O–H groups in total. The van der Waals surface area contributed by atoms with E-state index >= 15 is 0 Å². The highest BCUT2D eigenvalue weighted by Gasteiger charge is 2.58. The third-order valence-electron chi connectivity index (χ3n) is 9.88. The van der Waals surface area contributed by atoms with Crippen LogP contribution in [0.4, 0.5) is 4.79 Å². The Morgan fingerprint density at radius 3 is 2.25 bits per heavy atom. The van der Waals surface area contributed by atoms with Crippen LogP contribution in [0.1, 0.15) is 83.7 Å². The number of alkyl carbamates (subject to hydrolysis) is 1. The van der Waals surface area contributed by atoms with Gasteiger partial charge in [-0.1, -0.05) is 76.8 Å². The summed E-state index contributed by atoms with van der Waals surface area (Å²) < 4.78 is 5.35. The summed E-state index contributed by atoms with van der Waals surface area (Å²) in [7, 11) is 3.13. The standard InChI is InChI=1S/C37H54N6O8/c1-6-13-27(32(45)34(47)38-19-28(44)40-29(35(48)42(4)5)23-14-9-7-10-15-23)39-33(46)31-26-18-25(26)20-43(31)36(49)30(24-16-11-8-12-17-24)41-37(50)51-21-22(2)3/h7,9-10,14-15,22,24-27,29-31H,6,8,11-13,16-21H2,1-5H3,(H,38,47)(H,39,46)(H,40,44)(H,41,50)/t25?,26-,27+,29?,30-,31-/m0/s1. The van der Waals surface area contributed by atoms with Gasteiger partial charge in [0.15, 0.2) is 0 Å². The second-order valence-corrected chi connectivity index (χ2v) is 14.6. The number of piperidine rings is 1. The number of ketones is 1. The van der Waals surface area contributed by atoms with Crippen LogP contribution in [0, 0.1) is 23.7 Å². The van der Waals surface area contributed by atoms with E-state index in [1.165, 1.54) is 9.80 Å². The molecule has 3 aliphatic rings. The van der Waals surface area contributed by atoms with Gasteiger partial charge in [0.05, 0.1) is 19.2 Å². The first-order valence-electron chi connectivity index (χ1n) is 18.2. The molecule has 1 aromatic carbocycles. The van der Waals surface area contributed by atoms with E-state index in [-0.39, 0.29) is 48.5 Å². The van der Waals surface area contributed by atoms with Crippen molar-refractivity contribution in [1.82, 2.24) is 31.1 Å². The number of fused-ring (bicyclic) bond motifs is 1. The second-order valence-electron chi connectivity index (χ2n) is 14.6. The van der Waals surface area contributed by atoms with Gasteiger partial charge in [0.25, 0.3) is 5.91 Å². The molecule has 1 aromatic rings. The van der Waals surface area contributed by atoms with E-state index in [1.54, 1.807) is 44.4 Å². The molecule has 1 heterocycles. The monoisotopic (exact) mass is 710 g/mol. The molecular weight excluding hydrogens is 656 g/mol. The molecule has 0 radical (unpaired) electrons. The maximum Gasteiger partial charge on any atom is 0.407 e. The number of carbonyl (C=O) groups excluding carboxylic acids is 7. The summed E-state index contributed by atoms with van der Waals surface area (Å²) >= 11 is 0. The molecule has 0 spiro atoms. The third kappa shape index (κ3) is 10.5. The van der Waals surface area contributed by atoms with Crippen molar-refractivity contribution in [2.75, 3.05) is 33.8 Å². The largest absolute Gasteiger partial charge is 0.449 e. The Balaban J connectivity index is 1.39. The second kappa shape index (κ2) is 18.1. The Bertz CT molecular complexity index is 1430. The van der Waals surface area contributed by atoms with Crippen LogP contribution in [0.5, 0.6) is 0 Å². The van der Waals surface area contributed by atoms with E-state index in [1.807, 2.05) is 20.8 Å². The van der Waals surface area contributed by atoms with Gasteiger partial charge in [0.2, 0.25) is 29.4 Å². The molecule has 6 amide bonds. The van der Waals surface area contributed by atoms with Crippen molar-refractivity contribution >= 4 is 41.4 Å². The summed E-state index contributed by atoms with van der Waals surface area (Å²) in [5, 5.41) is 10.5. The Morgan fingerprint density at radius 2 is 1.63 bits per heavy atom. The number of likely N-dealkylation sites (N-methyl/N-ethyl adjacent to an activating group) is 1. The number of nitrogens with one attached hydrogen (secondary N) is 4. The van der Waals surface area contributed by atoms with Gasteiger partial charge in [-0.2, -0.15) is 0 Å². The highest BCUT2D eigenvalue weighted by atomic mass is 16.5. The van der Waals surface area contributed by atoms with Crippen LogP contribution < -0.4 is 21.3 Å². The zero-order valence-electron chi connectivity index (χ0n) is 30.4. The summed E-state index contributed by atoms with van der Waals surface area (Å²) in [5.74, 6) is -3.76. The number of ether oxygens (including phenoxy) is 1. The topological polar surface area (TPSA) is 183 Å². The smallest absolute Gasteiger partial charge is 0.407 e. The van der Waals surface area contributed by atoms with Crippen LogP contribution in [0.25, 0.3) is 0 Å². The molecule has 2 unspecified atom stereocenters. The first kappa shape index (κ1) is 39.3. The van der Waals surface area contributed by atoms with E-state index in [0.29, 0.717) is 18.5 Å². The Hall–Kier alpha value is -4.49. The number of amides is 6. The minimum atomic E-state index is -1.18. The maximum atomic E-state index is 14.1. The van der Waals surface area contributed by atoms with Crippen LogP contribution >= 0.6 is 0 Å². The van der Waals surface area contributed by atoms with Gasteiger partial charge >= 0.3 is 6.09 Å². The van der Waals surface area contributed by atoms with Crippen LogP contribution in [0.3, 0.4) is 0 Å². The van der Waals surface area contributed by atoms with Gasteiger partial charge in [-0.05, 0) is 54.9 Å². The molecule has 3 fully saturated rings. The van der Waals surface area contributed by atoms with Crippen molar-refractivity contribution < 1.29 is 38.3 Å². The number of hydrogen-bond donors (Lipinski definition) is 4. The van der Waals surface area contributed by atoms with Crippen molar-refractivity contribution in [1.29, 1.82) is 0 Å². The predicted molar refractivity (Wildman–Crippen MR) is 188 cm³/mol. The predicted octanol–water partition coefficient (Wildman–Crippen LogP) is 2.08. The quantitative estimate of drug-likeness (QED) is 0.188. The van der Waals surface area contributed by atoms with Gasteiger partial charge in [-0.25, -0.2) is 4.79 Å². The lowest BCUT2D eigenvalue weighted by Gasteiger charge is -2.35. The van der Waals surface area contributed by atoms with E-state index < -0.39 is 60.3 Å². The molecule has 280 valence electrons. The van der Waals surface area contributed by atoms with E-state index in [4.69, 9.17) is 4.74 Å². The van der Waals surface area contributed by atoms with Crippen LogP contribution in [-0.2, 0) is 33.5 Å². The number of Topliss-reactive ketones (excluding diaryl/α,β-unsaturated/α-hetero) is 1. The van der Waals surface area contributed by atoms with Crippen LogP contribution in [0.2, 0.25) is 0 Å². The number of benzene rings is 1. The van der Waals surface area contributed by atoms with Gasteiger partial charge < -0.3 is 35.8 Å². The van der Waals surface area contributed by atoms with Gasteiger partial charge in [0.1, 0.15) is 18.1 Å². The lowest BCUT2D eigenvalue weighted by Crippen LogP contribution is -2.59. The van der Waals surface area contributed by atoms with Crippen molar-refractivity contribution in [2.45, 2.75) is 96.3 Å². The zero-order valence-corrected chi connectivity index (χ0v) is 30.4. The first-order valence-corrected chi connectivity index (χ1v) is 18.2. The van der Waals surface area contributed by atoms with E-state index in [0.717, 1.165) is 38.5 Å². The van der Waals surface area contributed by atoms with Crippen molar-refractivity contribution in [3.8, 4) is 0 Å². The number of nitrogens with zero attached hydrogens (tertiary/aromatic N) is 2. The fraction of sp³-hybridized carbons (Fsp3) is 0.649.